The minimum Gasteiger partial charge on any atom is -0.370 e. The van der Waals surface area contributed by atoms with Gasteiger partial charge in [0.1, 0.15) is 11.9 Å². The minimum atomic E-state index is 0.0725. The van der Waals surface area contributed by atoms with E-state index in [2.05, 4.69) is 81.1 Å². The monoisotopic (exact) mass is 391 g/mol. The highest BCUT2D eigenvalue weighted by atomic mass is 16.5. The van der Waals surface area contributed by atoms with Crippen molar-refractivity contribution in [1.29, 1.82) is 0 Å². The van der Waals surface area contributed by atoms with Crippen LogP contribution in [0.4, 0.5) is 0 Å². The summed E-state index contributed by atoms with van der Waals surface area (Å²) in [5.74, 6) is 1.96. The number of guanidine groups is 1. The summed E-state index contributed by atoms with van der Waals surface area (Å²) in [6.45, 7) is 8.18. The molecule has 0 aliphatic carbocycles. The van der Waals surface area contributed by atoms with Crippen LogP contribution in [0.25, 0.3) is 11.0 Å². The fourth-order valence-electron chi connectivity index (χ4n) is 4.07. The van der Waals surface area contributed by atoms with Gasteiger partial charge < -0.3 is 19.5 Å². The third-order valence-corrected chi connectivity index (χ3v) is 5.58. The molecule has 152 valence electrons. The van der Waals surface area contributed by atoms with E-state index in [0.717, 1.165) is 43.5 Å². The topological polar surface area (TPSA) is 54.7 Å². The van der Waals surface area contributed by atoms with E-state index in [1.165, 1.54) is 16.6 Å². The van der Waals surface area contributed by atoms with E-state index < -0.39 is 0 Å². The summed E-state index contributed by atoms with van der Waals surface area (Å²) in [5, 5.41) is 3.53. The lowest BCUT2D eigenvalue weighted by molar-refractivity contribution is -0.00831. The quantitative estimate of drug-likeness (QED) is 0.548. The lowest BCUT2D eigenvalue weighted by Crippen LogP contribution is -2.48. The number of aromatic nitrogens is 2. The summed E-state index contributed by atoms with van der Waals surface area (Å²) in [4.78, 5) is 11.5. The summed E-state index contributed by atoms with van der Waals surface area (Å²) in [6.07, 6.45) is 0.0725. The Morgan fingerprint density at radius 1 is 1.17 bits per heavy atom. The van der Waals surface area contributed by atoms with Gasteiger partial charge in [-0.2, -0.15) is 0 Å². The molecule has 0 saturated carbocycles. The van der Waals surface area contributed by atoms with Crippen molar-refractivity contribution >= 4 is 17.0 Å². The third kappa shape index (κ3) is 4.12. The van der Waals surface area contributed by atoms with Gasteiger partial charge in [-0.3, -0.25) is 4.99 Å². The molecule has 29 heavy (non-hydrogen) atoms. The van der Waals surface area contributed by atoms with Crippen molar-refractivity contribution in [1.82, 2.24) is 19.8 Å². The second kappa shape index (κ2) is 8.66. The van der Waals surface area contributed by atoms with Gasteiger partial charge >= 0.3 is 0 Å². The number of para-hydroxylation sites is 2. The highest BCUT2D eigenvalue weighted by molar-refractivity contribution is 5.80. The van der Waals surface area contributed by atoms with Crippen molar-refractivity contribution in [3.05, 3.63) is 65.5 Å². The van der Waals surface area contributed by atoms with Crippen LogP contribution in [-0.2, 0) is 11.3 Å². The fraction of sp³-hybridized carbons (Fsp3) is 0.391. The molecular formula is C23H29N5O. The number of aryl methyl sites for hydroxylation is 2. The maximum atomic E-state index is 6.06. The van der Waals surface area contributed by atoms with Gasteiger partial charge in [-0.05, 0) is 37.1 Å². The predicted molar refractivity (Wildman–Crippen MR) is 117 cm³/mol. The molecule has 3 aromatic rings. The number of fused-ring (bicyclic) bond motifs is 1. The van der Waals surface area contributed by atoms with Gasteiger partial charge in [0.05, 0.1) is 24.2 Å². The van der Waals surface area contributed by atoms with Crippen molar-refractivity contribution in [2.45, 2.75) is 26.5 Å². The van der Waals surface area contributed by atoms with E-state index >= 15 is 0 Å². The van der Waals surface area contributed by atoms with E-state index in [1.807, 2.05) is 13.1 Å². The van der Waals surface area contributed by atoms with Gasteiger partial charge in [-0.25, -0.2) is 4.98 Å². The SMILES string of the molecule is CN=C(NCCn1c(C)nc2ccccc21)N1CCOC(c2ccccc2C)C1. The molecule has 2 aromatic carbocycles. The minimum absolute atomic E-state index is 0.0725. The molecule has 6 nitrogen and oxygen atoms in total. The second-order valence-electron chi connectivity index (χ2n) is 7.44. The van der Waals surface area contributed by atoms with Crippen molar-refractivity contribution in [2.75, 3.05) is 33.3 Å². The number of imidazole rings is 1. The Labute approximate surface area is 172 Å². The van der Waals surface area contributed by atoms with Crippen LogP contribution in [0, 0.1) is 13.8 Å². The maximum Gasteiger partial charge on any atom is 0.193 e. The highest BCUT2D eigenvalue weighted by Crippen LogP contribution is 2.25. The lowest BCUT2D eigenvalue weighted by atomic mass is 10.0. The zero-order valence-corrected chi connectivity index (χ0v) is 17.4. The lowest BCUT2D eigenvalue weighted by Gasteiger charge is -2.35. The first kappa shape index (κ1) is 19.5. The van der Waals surface area contributed by atoms with Crippen molar-refractivity contribution in [3.8, 4) is 0 Å². The Morgan fingerprint density at radius 2 is 1.97 bits per heavy atom. The molecule has 1 saturated heterocycles. The molecule has 0 spiro atoms. The molecular weight excluding hydrogens is 362 g/mol. The number of morpholine rings is 1. The molecule has 1 aliphatic rings. The van der Waals surface area contributed by atoms with Crippen molar-refractivity contribution in [2.24, 2.45) is 4.99 Å². The average Bonchev–Trinajstić information content (AvgIpc) is 3.07. The Morgan fingerprint density at radius 3 is 2.79 bits per heavy atom. The molecule has 0 radical (unpaired) electrons. The largest absolute Gasteiger partial charge is 0.370 e. The summed E-state index contributed by atoms with van der Waals surface area (Å²) < 4.78 is 8.32. The van der Waals surface area contributed by atoms with E-state index in [9.17, 15) is 0 Å². The van der Waals surface area contributed by atoms with Gasteiger partial charge in [0.25, 0.3) is 0 Å². The van der Waals surface area contributed by atoms with Gasteiger partial charge in [0.15, 0.2) is 5.96 Å². The first-order chi connectivity index (χ1) is 14.2. The fourth-order valence-corrected chi connectivity index (χ4v) is 4.07. The summed E-state index contributed by atoms with van der Waals surface area (Å²) >= 11 is 0. The summed E-state index contributed by atoms with van der Waals surface area (Å²) in [5.41, 5.74) is 4.74. The van der Waals surface area contributed by atoms with Crippen LogP contribution in [0.15, 0.2) is 53.5 Å². The smallest absolute Gasteiger partial charge is 0.193 e. The van der Waals surface area contributed by atoms with Gasteiger partial charge in [0.2, 0.25) is 0 Å². The maximum absolute atomic E-state index is 6.06. The number of nitrogens with zero attached hydrogens (tertiary/aromatic N) is 4. The highest BCUT2D eigenvalue weighted by Gasteiger charge is 2.25. The van der Waals surface area contributed by atoms with Gasteiger partial charge in [-0.15, -0.1) is 0 Å². The van der Waals surface area contributed by atoms with E-state index in [1.54, 1.807) is 0 Å². The molecule has 6 heteroatoms. The van der Waals surface area contributed by atoms with E-state index in [0.29, 0.717) is 6.61 Å². The molecule has 0 bridgehead atoms. The van der Waals surface area contributed by atoms with Crippen LogP contribution in [0.3, 0.4) is 0 Å². The standard InChI is InChI=1S/C23H29N5O/c1-17-8-4-5-9-19(17)22-16-27(14-15-29-22)23(24-3)25-12-13-28-18(2)26-20-10-6-7-11-21(20)28/h4-11,22H,12-16H2,1-3H3,(H,24,25). The van der Waals surface area contributed by atoms with E-state index in [4.69, 9.17) is 4.74 Å². The van der Waals surface area contributed by atoms with Crippen LogP contribution in [0.2, 0.25) is 0 Å². The molecule has 1 atom stereocenters. The number of nitrogens with one attached hydrogen (secondary N) is 1. The molecule has 1 aliphatic heterocycles. The van der Waals surface area contributed by atoms with Crippen LogP contribution in [0.5, 0.6) is 0 Å². The average molecular weight is 392 g/mol. The number of ether oxygens (including phenoxy) is 1. The molecule has 1 aromatic heterocycles. The molecule has 1 unspecified atom stereocenters. The summed E-state index contributed by atoms with van der Waals surface area (Å²) in [6, 6.07) is 16.7. The number of benzene rings is 2. The first-order valence-electron chi connectivity index (χ1n) is 10.2. The Kier molecular flexibility index (Phi) is 5.81. The second-order valence-corrected chi connectivity index (χ2v) is 7.44. The van der Waals surface area contributed by atoms with Crippen molar-refractivity contribution < 1.29 is 4.74 Å². The number of aliphatic imine (C=N–C) groups is 1. The van der Waals surface area contributed by atoms with Crippen LogP contribution < -0.4 is 5.32 Å². The zero-order chi connectivity index (χ0) is 20.2. The van der Waals surface area contributed by atoms with Crippen LogP contribution in [0.1, 0.15) is 23.1 Å². The van der Waals surface area contributed by atoms with Crippen LogP contribution in [-0.4, -0.2) is 53.7 Å². The molecule has 1 fully saturated rings. The first-order valence-corrected chi connectivity index (χ1v) is 10.2. The van der Waals surface area contributed by atoms with Crippen molar-refractivity contribution in [3.63, 3.8) is 0 Å². The number of rotatable bonds is 4. The van der Waals surface area contributed by atoms with Gasteiger partial charge in [-0.1, -0.05) is 36.4 Å². The number of hydrogen-bond donors (Lipinski definition) is 1. The van der Waals surface area contributed by atoms with Gasteiger partial charge in [0, 0.05) is 26.7 Å². The normalized spacial score (nSPS) is 17.7. The Balaban J connectivity index is 1.40. The zero-order valence-electron chi connectivity index (χ0n) is 17.4. The Hall–Kier alpha value is -2.86. The number of hydrogen-bond acceptors (Lipinski definition) is 3. The molecule has 1 N–H and O–H groups in total. The third-order valence-electron chi connectivity index (χ3n) is 5.58. The summed E-state index contributed by atoms with van der Waals surface area (Å²) in [7, 11) is 1.85. The molecule has 4 rings (SSSR count). The Bertz CT molecular complexity index is 1010. The van der Waals surface area contributed by atoms with E-state index in [-0.39, 0.29) is 6.10 Å². The molecule has 2 heterocycles. The molecule has 0 amide bonds. The predicted octanol–water partition coefficient (Wildman–Crippen LogP) is 3.30. The van der Waals surface area contributed by atoms with Crippen LogP contribution >= 0.6 is 0 Å².